The molecule has 0 heterocycles. The number of nitrogens with one attached hydrogen (secondary N) is 1. The summed E-state index contributed by atoms with van der Waals surface area (Å²) in [5.74, 6) is -0.151. The molecule has 0 saturated heterocycles. The molecule has 0 aromatic heterocycles. The first-order valence-corrected chi connectivity index (χ1v) is 10.4. The van der Waals surface area contributed by atoms with Gasteiger partial charge in [-0.3, -0.25) is 9.10 Å². The second kappa shape index (κ2) is 8.22. The first kappa shape index (κ1) is 21.8. The summed E-state index contributed by atoms with van der Waals surface area (Å²) in [6.45, 7) is 8.93. The topological polar surface area (TPSA) is 75.7 Å². The van der Waals surface area contributed by atoms with Crippen LogP contribution in [0.5, 0.6) is 5.75 Å². The van der Waals surface area contributed by atoms with E-state index in [1.165, 1.54) is 7.11 Å². The zero-order valence-corrected chi connectivity index (χ0v) is 18.1. The van der Waals surface area contributed by atoms with Crippen LogP contribution >= 0.6 is 0 Å². The summed E-state index contributed by atoms with van der Waals surface area (Å²) in [6.07, 6.45) is 0. The minimum absolute atomic E-state index is 0.0270. The van der Waals surface area contributed by atoms with Gasteiger partial charge in [0.15, 0.2) is 0 Å². The molecule has 6 nitrogen and oxygen atoms in total. The number of rotatable bonds is 6. The Bertz CT molecular complexity index is 945. The molecule has 28 heavy (non-hydrogen) atoms. The van der Waals surface area contributed by atoms with Crippen molar-refractivity contribution >= 4 is 21.6 Å². The van der Waals surface area contributed by atoms with Crippen LogP contribution in [0.15, 0.2) is 47.4 Å². The number of hydrogen-bond acceptors (Lipinski definition) is 4. The molecular weight excluding hydrogens is 376 g/mol. The van der Waals surface area contributed by atoms with Crippen molar-refractivity contribution in [2.75, 3.05) is 18.0 Å². The molecule has 0 saturated carbocycles. The monoisotopic (exact) mass is 404 g/mol. The predicted molar refractivity (Wildman–Crippen MR) is 111 cm³/mol. The molecule has 0 bridgehead atoms. The van der Waals surface area contributed by atoms with Gasteiger partial charge in [0.2, 0.25) is 5.91 Å². The molecule has 152 valence electrons. The summed E-state index contributed by atoms with van der Waals surface area (Å²) >= 11 is 0. The Balaban J connectivity index is 2.56. The fraction of sp³-hybridized carbons (Fsp3) is 0.381. The van der Waals surface area contributed by atoms with Gasteiger partial charge in [-0.15, -0.1) is 0 Å². The highest BCUT2D eigenvalue weighted by molar-refractivity contribution is 7.93. The van der Waals surface area contributed by atoms with Gasteiger partial charge >= 0.3 is 0 Å². The average molecular weight is 405 g/mol. The summed E-state index contributed by atoms with van der Waals surface area (Å²) in [6, 6.07) is 12.0. The maximum Gasteiger partial charge on any atom is 0.268 e. The Morgan fingerprint density at radius 2 is 1.61 bits per heavy atom. The largest absolute Gasteiger partial charge is 0.495 e. The van der Waals surface area contributed by atoms with E-state index in [-0.39, 0.29) is 23.1 Å². The van der Waals surface area contributed by atoms with Gasteiger partial charge in [-0.1, -0.05) is 23.8 Å². The van der Waals surface area contributed by atoms with Crippen molar-refractivity contribution in [2.24, 2.45) is 0 Å². The maximum absolute atomic E-state index is 13.5. The number of hydrogen-bond donors (Lipinski definition) is 1. The van der Waals surface area contributed by atoms with Crippen LogP contribution in [0.1, 0.15) is 31.9 Å². The number of nitrogens with zero attached hydrogens (tertiary/aromatic N) is 1. The number of carbonyl (C=O) groups excluding carboxylic acids is 1. The quantitative estimate of drug-likeness (QED) is 0.800. The van der Waals surface area contributed by atoms with Crippen molar-refractivity contribution in [3.8, 4) is 5.75 Å². The molecule has 2 aromatic rings. The van der Waals surface area contributed by atoms with Crippen LogP contribution < -0.4 is 14.4 Å². The first-order valence-electron chi connectivity index (χ1n) is 8.99. The van der Waals surface area contributed by atoms with Crippen LogP contribution in [0.3, 0.4) is 0 Å². The van der Waals surface area contributed by atoms with E-state index in [0.29, 0.717) is 5.69 Å². The molecular formula is C21H28N2O4S. The van der Waals surface area contributed by atoms with Crippen LogP contribution in [0.4, 0.5) is 5.69 Å². The van der Waals surface area contributed by atoms with E-state index in [2.05, 4.69) is 5.32 Å². The van der Waals surface area contributed by atoms with Crippen molar-refractivity contribution in [1.29, 1.82) is 0 Å². The number of sulfonamides is 1. The summed E-state index contributed by atoms with van der Waals surface area (Å²) in [5, 5.41) is 2.82. The van der Waals surface area contributed by atoms with Gasteiger partial charge in [-0.05, 0) is 64.4 Å². The van der Waals surface area contributed by atoms with E-state index in [4.69, 9.17) is 4.74 Å². The third kappa shape index (κ3) is 5.25. The lowest BCUT2D eigenvalue weighted by atomic mass is 10.1. The Morgan fingerprint density at radius 1 is 1.04 bits per heavy atom. The molecule has 2 rings (SSSR count). The maximum atomic E-state index is 13.5. The van der Waals surface area contributed by atoms with Gasteiger partial charge in [0.05, 0.1) is 12.8 Å². The predicted octanol–water partition coefficient (Wildman–Crippen LogP) is 3.42. The SMILES string of the molecule is COc1ccc(C)cc1S(=O)(=O)N(CC(=O)NC(C)(C)C)c1ccc(C)cc1. The van der Waals surface area contributed by atoms with Crippen molar-refractivity contribution in [3.05, 3.63) is 53.6 Å². The lowest BCUT2D eigenvalue weighted by Gasteiger charge is -2.27. The van der Waals surface area contributed by atoms with E-state index in [1.807, 2.05) is 39.8 Å². The fourth-order valence-corrected chi connectivity index (χ4v) is 4.38. The third-order valence-corrected chi connectivity index (χ3v) is 5.81. The molecule has 0 fully saturated rings. The minimum Gasteiger partial charge on any atom is -0.495 e. The number of amides is 1. The summed E-state index contributed by atoms with van der Waals surface area (Å²) < 4.78 is 33.4. The van der Waals surface area contributed by atoms with Gasteiger partial charge in [-0.25, -0.2) is 8.42 Å². The second-order valence-corrected chi connectivity index (χ2v) is 9.63. The van der Waals surface area contributed by atoms with E-state index in [9.17, 15) is 13.2 Å². The van der Waals surface area contributed by atoms with Crippen LogP contribution in [0.2, 0.25) is 0 Å². The minimum atomic E-state index is -4.04. The van der Waals surface area contributed by atoms with Crippen LogP contribution in [-0.4, -0.2) is 33.5 Å². The fourth-order valence-electron chi connectivity index (χ4n) is 2.72. The highest BCUT2D eigenvalue weighted by Crippen LogP contribution is 2.31. The lowest BCUT2D eigenvalue weighted by molar-refractivity contribution is -0.121. The smallest absolute Gasteiger partial charge is 0.268 e. The Labute approximate surface area is 167 Å². The van der Waals surface area contributed by atoms with E-state index >= 15 is 0 Å². The number of anilines is 1. The van der Waals surface area contributed by atoms with Crippen molar-refractivity contribution in [2.45, 2.75) is 45.1 Å². The number of benzene rings is 2. The zero-order chi connectivity index (χ0) is 21.1. The number of methoxy groups -OCH3 is 1. The Kier molecular flexibility index (Phi) is 6.39. The normalized spacial score (nSPS) is 11.8. The number of carbonyl (C=O) groups is 1. The Morgan fingerprint density at radius 3 is 2.14 bits per heavy atom. The molecule has 7 heteroatoms. The molecule has 0 atom stereocenters. The molecule has 1 N–H and O–H groups in total. The van der Waals surface area contributed by atoms with Gasteiger partial charge < -0.3 is 10.1 Å². The van der Waals surface area contributed by atoms with Crippen molar-refractivity contribution in [3.63, 3.8) is 0 Å². The van der Waals surface area contributed by atoms with Crippen LogP contribution in [0, 0.1) is 13.8 Å². The number of aryl methyl sites for hydroxylation is 2. The molecule has 0 unspecified atom stereocenters. The van der Waals surface area contributed by atoms with Crippen molar-refractivity contribution < 1.29 is 17.9 Å². The average Bonchev–Trinajstić information content (AvgIpc) is 2.59. The van der Waals surface area contributed by atoms with Gasteiger partial charge in [0.25, 0.3) is 10.0 Å². The molecule has 2 aromatic carbocycles. The van der Waals surface area contributed by atoms with Gasteiger partial charge in [-0.2, -0.15) is 0 Å². The van der Waals surface area contributed by atoms with Crippen LogP contribution in [-0.2, 0) is 14.8 Å². The second-order valence-electron chi connectivity index (χ2n) is 7.80. The van der Waals surface area contributed by atoms with E-state index in [0.717, 1.165) is 15.4 Å². The van der Waals surface area contributed by atoms with Gasteiger partial charge in [0.1, 0.15) is 17.2 Å². The van der Waals surface area contributed by atoms with Crippen molar-refractivity contribution in [1.82, 2.24) is 5.32 Å². The van der Waals surface area contributed by atoms with E-state index in [1.54, 1.807) is 37.3 Å². The first-order chi connectivity index (χ1) is 12.9. The van der Waals surface area contributed by atoms with Gasteiger partial charge in [0, 0.05) is 5.54 Å². The molecule has 0 radical (unpaired) electrons. The Hall–Kier alpha value is -2.54. The summed E-state index contributed by atoms with van der Waals surface area (Å²) in [7, 11) is -2.61. The zero-order valence-electron chi connectivity index (χ0n) is 17.2. The molecule has 1 amide bonds. The number of ether oxygens (including phenoxy) is 1. The summed E-state index contributed by atoms with van der Waals surface area (Å²) in [5.41, 5.74) is 1.72. The van der Waals surface area contributed by atoms with Crippen LogP contribution in [0.25, 0.3) is 0 Å². The highest BCUT2D eigenvalue weighted by atomic mass is 32.2. The summed E-state index contributed by atoms with van der Waals surface area (Å²) in [4.78, 5) is 12.6. The molecule has 0 spiro atoms. The highest BCUT2D eigenvalue weighted by Gasteiger charge is 2.31. The van der Waals surface area contributed by atoms with E-state index < -0.39 is 15.6 Å². The molecule has 0 aliphatic carbocycles. The lowest BCUT2D eigenvalue weighted by Crippen LogP contribution is -2.47. The molecule has 0 aliphatic heterocycles. The standard InChI is InChI=1S/C21H28N2O4S/c1-15-7-10-17(11-8-15)23(14-20(24)22-21(3,4)5)28(25,26)19-13-16(2)9-12-18(19)27-6/h7-13H,14H2,1-6H3,(H,22,24). The third-order valence-electron chi connectivity index (χ3n) is 4.01. The molecule has 0 aliphatic rings.